The molecule has 4 nitrogen and oxygen atoms in total. The Balaban J connectivity index is 2.01. The minimum Gasteiger partial charge on any atom is -0.467 e. The number of halogens is 1. The molecule has 1 unspecified atom stereocenters. The number of nitrogens with one attached hydrogen (secondary N) is 1. The molecule has 2 N–H and O–H groups in total. The summed E-state index contributed by atoms with van der Waals surface area (Å²) in [6, 6.07) is 5.62. The van der Waals surface area contributed by atoms with Gasteiger partial charge in [0, 0.05) is 16.9 Å². The van der Waals surface area contributed by atoms with Gasteiger partial charge in [-0.1, -0.05) is 18.5 Å². The smallest absolute Gasteiger partial charge is 0.131 e. The number of rotatable bonds is 5. The van der Waals surface area contributed by atoms with Crippen molar-refractivity contribution in [2.24, 2.45) is 0 Å². The predicted octanol–water partition coefficient (Wildman–Crippen LogP) is 4.56. The van der Waals surface area contributed by atoms with Crippen LogP contribution in [0.5, 0.6) is 0 Å². The molecular formula is C16H17ClN2O2S. The predicted molar refractivity (Wildman–Crippen MR) is 90.9 cm³/mol. The Morgan fingerprint density at radius 1 is 1.50 bits per heavy atom. The Kier molecular flexibility index (Phi) is 4.38. The van der Waals surface area contributed by atoms with Gasteiger partial charge in [0.15, 0.2) is 0 Å². The fraction of sp³-hybridized carbons (Fsp3) is 0.312. The molecule has 116 valence electrons. The summed E-state index contributed by atoms with van der Waals surface area (Å²) < 4.78 is 6.40. The maximum Gasteiger partial charge on any atom is 0.131 e. The Hall–Kier alpha value is -1.56. The van der Waals surface area contributed by atoms with E-state index in [1.165, 1.54) is 0 Å². The van der Waals surface area contributed by atoms with Crippen molar-refractivity contribution in [2.45, 2.75) is 26.3 Å². The van der Waals surface area contributed by atoms with E-state index in [4.69, 9.17) is 16.0 Å². The number of pyridine rings is 1. The first-order valence-corrected chi connectivity index (χ1v) is 8.26. The summed E-state index contributed by atoms with van der Waals surface area (Å²) in [7, 11) is 0. The van der Waals surface area contributed by atoms with Gasteiger partial charge in [0.2, 0.25) is 0 Å². The van der Waals surface area contributed by atoms with E-state index < -0.39 is 0 Å². The van der Waals surface area contributed by atoms with Gasteiger partial charge < -0.3 is 14.8 Å². The molecule has 0 bridgehead atoms. The van der Waals surface area contributed by atoms with Gasteiger partial charge in [-0.05, 0) is 24.6 Å². The van der Waals surface area contributed by atoms with E-state index in [0.717, 1.165) is 32.1 Å². The lowest BCUT2D eigenvalue weighted by Crippen LogP contribution is -1.99. The summed E-state index contributed by atoms with van der Waals surface area (Å²) in [4.78, 5) is 5.60. The molecule has 0 aliphatic rings. The number of thiophene rings is 1. The van der Waals surface area contributed by atoms with Gasteiger partial charge in [0.25, 0.3) is 0 Å². The van der Waals surface area contributed by atoms with E-state index in [1.807, 2.05) is 32.0 Å². The molecule has 0 aliphatic heterocycles. The van der Waals surface area contributed by atoms with E-state index in [-0.39, 0.29) is 12.5 Å². The van der Waals surface area contributed by atoms with Gasteiger partial charge >= 0.3 is 0 Å². The maximum atomic E-state index is 9.42. The van der Waals surface area contributed by atoms with Crippen molar-refractivity contribution < 1.29 is 9.52 Å². The molecule has 3 aromatic rings. The van der Waals surface area contributed by atoms with Crippen LogP contribution < -0.4 is 5.32 Å². The Morgan fingerprint density at radius 3 is 3.00 bits per heavy atom. The normalized spacial score (nSPS) is 12.7. The number of hydrogen-bond acceptors (Lipinski definition) is 5. The molecule has 6 heteroatoms. The number of aromatic nitrogens is 1. The second-order valence-corrected chi connectivity index (χ2v) is 6.72. The van der Waals surface area contributed by atoms with Gasteiger partial charge in [-0.25, -0.2) is 4.98 Å². The molecule has 0 spiro atoms. The number of hydrogen-bond donors (Lipinski definition) is 2. The molecule has 0 radical (unpaired) electrons. The van der Waals surface area contributed by atoms with Crippen LogP contribution in [0, 0.1) is 6.92 Å². The average molecular weight is 337 g/mol. The number of aliphatic hydroxyl groups excluding tert-OH is 1. The highest BCUT2D eigenvalue weighted by molar-refractivity contribution is 7.20. The number of fused-ring (bicyclic) bond motifs is 1. The lowest BCUT2D eigenvalue weighted by Gasteiger charge is -2.06. The Labute approximate surface area is 137 Å². The fourth-order valence-electron chi connectivity index (χ4n) is 2.44. The quantitative estimate of drug-likeness (QED) is 0.671. The van der Waals surface area contributed by atoms with E-state index in [0.29, 0.717) is 11.7 Å². The molecule has 1 atom stereocenters. The van der Waals surface area contributed by atoms with Crippen LogP contribution in [0.25, 0.3) is 10.2 Å². The SMILES string of the molecule is Cc1c(C(C)CO)sc2c(NCc3ccco3)cc(Cl)nc12. The first kappa shape index (κ1) is 15.3. The van der Waals surface area contributed by atoms with Crippen LogP contribution >= 0.6 is 22.9 Å². The van der Waals surface area contributed by atoms with Crippen LogP contribution in [0.1, 0.15) is 29.0 Å². The lowest BCUT2D eigenvalue weighted by molar-refractivity contribution is 0.274. The third-order valence-corrected chi connectivity index (χ3v) is 5.37. The molecule has 22 heavy (non-hydrogen) atoms. The Morgan fingerprint density at radius 2 is 2.32 bits per heavy atom. The number of aryl methyl sites for hydroxylation is 1. The van der Waals surface area contributed by atoms with Gasteiger partial charge in [-0.2, -0.15) is 0 Å². The van der Waals surface area contributed by atoms with Crippen LogP contribution in [0.4, 0.5) is 5.69 Å². The molecule has 0 fully saturated rings. The highest BCUT2D eigenvalue weighted by atomic mass is 35.5. The van der Waals surface area contributed by atoms with Crippen molar-refractivity contribution in [2.75, 3.05) is 11.9 Å². The van der Waals surface area contributed by atoms with Crippen molar-refractivity contribution in [3.8, 4) is 0 Å². The lowest BCUT2D eigenvalue weighted by atomic mass is 10.1. The van der Waals surface area contributed by atoms with Crippen LogP contribution in [0.3, 0.4) is 0 Å². The Bertz CT molecular complexity index is 783. The minimum atomic E-state index is 0.0934. The monoisotopic (exact) mass is 336 g/mol. The summed E-state index contributed by atoms with van der Waals surface area (Å²) in [5, 5.41) is 13.2. The molecule has 0 aromatic carbocycles. The van der Waals surface area contributed by atoms with Crippen molar-refractivity contribution in [3.05, 3.63) is 45.8 Å². The molecular weight excluding hydrogens is 320 g/mol. The van der Waals surface area contributed by atoms with Gasteiger partial charge in [-0.3, -0.25) is 0 Å². The number of anilines is 1. The standard InChI is InChI=1S/C16H17ClN2O2S/c1-9(8-20)15-10(2)14-16(22-15)12(6-13(17)19-14)18-7-11-4-3-5-21-11/h3-6,9,20H,7-8H2,1-2H3,(H,18,19). The zero-order valence-electron chi connectivity index (χ0n) is 12.4. The highest BCUT2D eigenvalue weighted by Crippen LogP contribution is 2.39. The summed E-state index contributed by atoms with van der Waals surface area (Å²) in [6.07, 6.45) is 1.66. The van der Waals surface area contributed by atoms with Gasteiger partial charge in [0.05, 0.1) is 35.3 Å². The molecule has 0 amide bonds. The van der Waals surface area contributed by atoms with Crippen LogP contribution in [0.15, 0.2) is 28.9 Å². The van der Waals surface area contributed by atoms with Crippen molar-refractivity contribution in [1.82, 2.24) is 4.98 Å². The van der Waals surface area contributed by atoms with Gasteiger partial charge in [0.1, 0.15) is 10.9 Å². The number of furan rings is 1. The second-order valence-electron chi connectivity index (χ2n) is 5.28. The van der Waals surface area contributed by atoms with Crippen LogP contribution in [-0.4, -0.2) is 16.7 Å². The third-order valence-electron chi connectivity index (χ3n) is 3.63. The zero-order chi connectivity index (χ0) is 15.7. The van der Waals surface area contributed by atoms with E-state index >= 15 is 0 Å². The first-order chi connectivity index (χ1) is 10.6. The topological polar surface area (TPSA) is 58.3 Å². The first-order valence-electron chi connectivity index (χ1n) is 7.06. The van der Waals surface area contributed by atoms with Crippen molar-refractivity contribution in [3.63, 3.8) is 0 Å². The van der Waals surface area contributed by atoms with E-state index in [2.05, 4.69) is 10.3 Å². The fourth-order valence-corrected chi connectivity index (χ4v) is 3.92. The second kappa shape index (κ2) is 6.28. The van der Waals surface area contributed by atoms with Gasteiger partial charge in [-0.15, -0.1) is 11.3 Å². The summed E-state index contributed by atoms with van der Waals surface area (Å²) in [5.41, 5.74) is 2.93. The molecule has 3 rings (SSSR count). The largest absolute Gasteiger partial charge is 0.467 e. The van der Waals surface area contributed by atoms with Crippen LogP contribution in [0.2, 0.25) is 5.15 Å². The molecule has 0 saturated heterocycles. The number of aliphatic hydroxyl groups is 1. The summed E-state index contributed by atoms with van der Waals surface area (Å²) in [5.74, 6) is 0.953. The van der Waals surface area contributed by atoms with E-state index in [1.54, 1.807) is 17.6 Å². The molecule has 3 heterocycles. The molecule has 0 saturated carbocycles. The minimum absolute atomic E-state index is 0.0934. The van der Waals surface area contributed by atoms with E-state index in [9.17, 15) is 5.11 Å². The summed E-state index contributed by atoms with van der Waals surface area (Å²) in [6.45, 7) is 4.75. The van der Waals surface area contributed by atoms with Crippen molar-refractivity contribution in [1.29, 1.82) is 0 Å². The molecule has 0 aliphatic carbocycles. The number of nitrogens with zero attached hydrogens (tertiary/aromatic N) is 1. The summed E-state index contributed by atoms with van der Waals surface area (Å²) >= 11 is 7.81. The van der Waals surface area contributed by atoms with Crippen LogP contribution in [-0.2, 0) is 6.54 Å². The highest BCUT2D eigenvalue weighted by Gasteiger charge is 2.18. The third kappa shape index (κ3) is 2.84. The zero-order valence-corrected chi connectivity index (χ0v) is 14.0. The van der Waals surface area contributed by atoms with Crippen molar-refractivity contribution >= 4 is 38.8 Å². The average Bonchev–Trinajstić information content (AvgIpc) is 3.13. The molecule has 3 aromatic heterocycles. The maximum absolute atomic E-state index is 9.42.